The maximum atomic E-state index is 12.5. The molecule has 9 heteroatoms. The molecule has 2 aliphatic heterocycles. The van der Waals surface area contributed by atoms with E-state index in [-0.39, 0.29) is 12.5 Å². The highest BCUT2D eigenvalue weighted by atomic mass is 35.5. The van der Waals surface area contributed by atoms with E-state index in [0.29, 0.717) is 22.2 Å². The summed E-state index contributed by atoms with van der Waals surface area (Å²) in [6.07, 6.45) is 6.35. The van der Waals surface area contributed by atoms with Crippen molar-refractivity contribution < 1.29 is 14.3 Å². The lowest BCUT2D eigenvalue weighted by molar-refractivity contribution is -0.0318. The molecule has 0 aromatic heterocycles. The van der Waals surface area contributed by atoms with Crippen LogP contribution in [-0.4, -0.2) is 56.0 Å². The van der Waals surface area contributed by atoms with Gasteiger partial charge in [-0.1, -0.05) is 47.5 Å². The predicted octanol–water partition coefficient (Wildman–Crippen LogP) is 3.78. The number of halogens is 2. The highest BCUT2D eigenvalue weighted by Crippen LogP contribution is 2.25. The summed E-state index contributed by atoms with van der Waals surface area (Å²) in [5.74, 6) is -1.23. The van der Waals surface area contributed by atoms with Crippen LogP contribution in [0.15, 0.2) is 60.8 Å². The molecule has 2 aromatic rings. The second-order valence-electron chi connectivity index (χ2n) is 8.54. The molecule has 1 amide bonds. The predicted molar refractivity (Wildman–Crippen MR) is 139 cm³/mol. The van der Waals surface area contributed by atoms with Gasteiger partial charge in [-0.05, 0) is 60.0 Å². The van der Waals surface area contributed by atoms with Crippen LogP contribution in [0.4, 0.5) is 0 Å². The number of morpholine rings is 1. The average Bonchev–Trinajstić information content (AvgIpc) is 2.87. The number of hydrogen-bond donors (Lipinski definition) is 3. The van der Waals surface area contributed by atoms with Crippen LogP contribution in [0.5, 0.6) is 0 Å². The summed E-state index contributed by atoms with van der Waals surface area (Å²) in [5, 5.41) is 7.18. The molecule has 35 heavy (non-hydrogen) atoms. The van der Waals surface area contributed by atoms with Crippen LogP contribution < -0.4 is 16.4 Å². The Morgan fingerprint density at radius 3 is 2.63 bits per heavy atom. The largest absolute Gasteiger partial charge is 0.379 e. The fourth-order valence-corrected chi connectivity index (χ4v) is 4.31. The number of carbonyl (C=O) groups excluding carboxylic acids is 1. The van der Waals surface area contributed by atoms with E-state index in [0.717, 1.165) is 56.0 Å². The number of amides is 1. The topological polar surface area (TPSA) is 88.8 Å². The van der Waals surface area contributed by atoms with E-state index in [2.05, 4.69) is 15.5 Å². The summed E-state index contributed by atoms with van der Waals surface area (Å²) in [5.41, 5.74) is 9.61. The molecule has 1 unspecified atom stereocenters. The fraction of sp³-hybridized carbons (Fsp3) is 0.346. The fourth-order valence-electron chi connectivity index (χ4n) is 3.85. The molecular formula is C26H30Cl2N4O3. The van der Waals surface area contributed by atoms with E-state index >= 15 is 0 Å². The van der Waals surface area contributed by atoms with Gasteiger partial charge in [0.2, 0.25) is 5.85 Å². The number of ether oxygens (including phenoxy) is 2. The number of nitrogens with two attached hydrogens (primary N) is 1. The maximum absolute atomic E-state index is 12.5. The monoisotopic (exact) mass is 516 g/mol. The summed E-state index contributed by atoms with van der Waals surface area (Å²) >= 11 is 12.1. The van der Waals surface area contributed by atoms with E-state index in [4.69, 9.17) is 38.4 Å². The highest BCUT2D eigenvalue weighted by Gasteiger charge is 2.24. The Morgan fingerprint density at radius 2 is 1.94 bits per heavy atom. The Hall–Kier alpha value is -2.39. The Balaban J connectivity index is 1.24. The first-order valence-electron chi connectivity index (χ1n) is 11.6. The molecule has 1 atom stereocenters. The smallest absolute Gasteiger partial charge is 0.251 e. The van der Waals surface area contributed by atoms with Crippen LogP contribution in [0.2, 0.25) is 10.0 Å². The van der Waals surface area contributed by atoms with Crippen molar-refractivity contribution in [1.29, 1.82) is 0 Å². The third-order valence-corrected chi connectivity index (χ3v) is 6.55. The molecule has 0 aliphatic carbocycles. The van der Waals surface area contributed by atoms with Crippen molar-refractivity contribution in [3.8, 4) is 0 Å². The molecule has 1 fully saturated rings. The summed E-state index contributed by atoms with van der Waals surface area (Å²) in [6.45, 7) is 5.34. The molecule has 0 spiro atoms. The van der Waals surface area contributed by atoms with Gasteiger partial charge >= 0.3 is 0 Å². The normalized spacial score (nSPS) is 20.3. The zero-order chi connectivity index (χ0) is 24.7. The number of dihydropyridines is 1. The Bertz CT molecular complexity index is 1080. The zero-order valence-corrected chi connectivity index (χ0v) is 20.9. The minimum Gasteiger partial charge on any atom is -0.379 e. The standard InChI is InChI=1S/C26H30Cl2N4O3/c27-23-7-6-22(24(28)16-23)18-35-26(29)9-8-21(17-31-26)19-2-4-20(5-3-19)25(33)30-10-1-11-32-12-14-34-15-13-32/h2-9,16-17,31H,1,10-15,18,29H2,(H,30,33). The lowest BCUT2D eigenvalue weighted by atomic mass is 10.0. The molecule has 7 nitrogen and oxygen atoms in total. The Kier molecular flexibility index (Phi) is 8.83. The molecule has 1 saturated heterocycles. The third-order valence-electron chi connectivity index (χ3n) is 5.97. The summed E-state index contributed by atoms with van der Waals surface area (Å²) < 4.78 is 11.2. The van der Waals surface area contributed by atoms with E-state index in [9.17, 15) is 4.79 Å². The van der Waals surface area contributed by atoms with Crippen LogP contribution in [0.3, 0.4) is 0 Å². The minimum atomic E-state index is -1.16. The molecule has 0 radical (unpaired) electrons. The second kappa shape index (κ2) is 12.0. The Labute approximate surface area is 215 Å². The first kappa shape index (κ1) is 25.7. The number of hydrogen-bond acceptors (Lipinski definition) is 6. The van der Waals surface area contributed by atoms with Gasteiger partial charge in [0.25, 0.3) is 5.91 Å². The van der Waals surface area contributed by atoms with E-state index in [1.54, 1.807) is 24.4 Å². The number of benzene rings is 2. The summed E-state index contributed by atoms with van der Waals surface area (Å²) in [6, 6.07) is 12.7. The zero-order valence-electron chi connectivity index (χ0n) is 19.4. The summed E-state index contributed by atoms with van der Waals surface area (Å²) in [7, 11) is 0. The van der Waals surface area contributed by atoms with Gasteiger partial charge in [-0.3, -0.25) is 15.4 Å². The molecule has 2 heterocycles. The van der Waals surface area contributed by atoms with Gasteiger partial charge in [0.15, 0.2) is 0 Å². The van der Waals surface area contributed by atoms with Crippen molar-refractivity contribution in [2.24, 2.45) is 5.73 Å². The van der Waals surface area contributed by atoms with Gasteiger partial charge in [-0.2, -0.15) is 0 Å². The number of allylic oxidation sites excluding steroid dienone is 2. The van der Waals surface area contributed by atoms with Gasteiger partial charge in [0, 0.05) is 41.4 Å². The SMILES string of the molecule is NC1(OCc2ccc(Cl)cc2Cl)C=CC(c2ccc(C(=O)NCCCN3CCOCC3)cc2)=CN1. The summed E-state index contributed by atoms with van der Waals surface area (Å²) in [4.78, 5) is 14.8. The van der Waals surface area contributed by atoms with E-state index in [1.807, 2.05) is 36.4 Å². The van der Waals surface area contributed by atoms with Gasteiger partial charge < -0.3 is 20.1 Å². The maximum Gasteiger partial charge on any atom is 0.251 e. The van der Waals surface area contributed by atoms with Crippen LogP contribution in [0.1, 0.15) is 27.9 Å². The van der Waals surface area contributed by atoms with Gasteiger partial charge in [0.05, 0.1) is 19.8 Å². The third kappa shape index (κ3) is 7.30. The van der Waals surface area contributed by atoms with Crippen LogP contribution in [-0.2, 0) is 16.1 Å². The number of rotatable bonds is 9. The minimum absolute atomic E-state index is 0.0694. The van der Waals surface area contributed by atoms with Crippen LogP contribution in [0, 0.1) is 0 Å². The van der Waals surface area contributed by atoms with Gasteiger partial charge in [-0.25, -0.2) is 0 Å². The van der Waals surface area contributed by atoms with Crippen molar-refractivity contribution in [3.05, 3.63) is 87.6 Å². The quantitative estimate of drug-likeness (QED) is 0.347. The second-order valence-corrected chi connectivity index (χ2v) is 9.38. The van der Waals surface area contributed by atoms with E-state index in [1.165, 1.54) is 0 Å². The van der Waals surface area contributed by atoms with Crippen LogP contribution >= 0.6 is 23.2 Å². The molecule has 4 N–H and O–H groups in total. The molecule has 186 valence electrons. The Morgan fingerprint density at radius 1 is 1.17 bits per heavy atom. The van der Waals surface area contributed by atoms with E-state index < -0.39 is 5.85 Å². The molecular weight excluding hydrogens is 487 g/mol. The lowest BCUT2D eigenvalue weighted by Crippen LogP contribution is -2.52. The molecule has 0 bridgehead atoms. The van der Waals surface area contributed by atoms with Crippen LogP contribution in [0.25, 0.3) is 5.57 Å². The molecule has 2 aliphatic rings. The first-order chi connectivity index (χ1) is 16.9. The van der Waals surface area contributed by atoms with Crippen molar-refractivity contribution in [2.75, 3.05) is 39.4 Å². The first-order valence-corrected chi connectivity index (χ1v) is 12.4. The average molecular weight is 517 g/mol. The molecule has 4 rings (SSSR count). The highest BCUT2D eigenvalue weighted by molar-refractivity contribution is 6.35. The number of carbonyl (C=O) groups is 1. The van der Waals surface area contributed by atoms with Gasteiger partial charge in [-0.15, -0.1) is 0 Å². The number of nitrogens with one attached hydrogen (secondary N) is 2. The van der Waals surface area contributed by atoms with Crippen molar-refractivity contribution in [1.82, 2.24) is 15.5 Å². The van der Waals surface area contributed by atoms with Gasteiger partial charge in [0.1, 0.15) is 0 Å². The van der Waals surface area contributed by atoms with Crippen molar-refractivity contribution in [2.45, 2.75) is 18.9 Å². The van der Waals surface area contributed by atoms with Crippen molar-refractivity contribution in [3.63, 3.8) is 0 Å². The molecule has 0 saturated carbocycles. The lowest BCUT2D eigenvalue weighted by Gasteiger charge is -2.30. The molecule has 2 aromatic carbocycles. The number of nitrogens with zero attached hydrogens (tertiary/aromatic N) is 1. The van der Waals surface area contributed by atoms with Crippen molar-refractivity contribution >= 4 is 34.7 Å².